The van der Waals surface area contributed by atoms with Crippen LogP contribution in [-0.4, -0.2) is 23.3 Å². The molecule has 6 rings (SSSR count). The van der Waals surface area contributed by atoms with Gasteiger partial charge in [0.05, 0.1) is 13.5 Å². The highest BCUT2D eigenvalue weighted by molar-refractivity contribution is 5.70. The van der Waals surface area contributed by atoms with Gasteiger partial charge in [-0.3, -0.25) is 4.79 Å². The smallest absolute Gasteiger partial charge is 0.307 e. The van der Waals surface area contributed by atoms with E-state index in [0.717, 1.165) is 29.1 Å². The van der Waals surface area contributed by atoms with Crippen LogP contribution in [-0.2, 0) is 9.53 Å². The van der Waals surface area contributed by atoms with Crippen molar-refractivity contribution in [3.05, 3.63) is 30.2 Å². The number of ether oxygens (including phenoxy) is 2. The molecule has 154 valence electrons. The second-order valence-corrected chi connectivity index (χ2v) is 9.40. The van der Waals surface area contributed by atoms with Crippen molar-refractivity contribution in [3.8, 4) is 17.2 Å². The highest BCUT2D eigenvalue weighted by Gasteiger charge is 2.51. The standard InChI is InChI=1S/C23H28N2O4/c1-14(21-24-25-22(29-21)18-3-5-19(27-2)6-4-18)28-20(26)13-23-10-15-7-16(11-23)9-17(8-15)12-23/h3-6,14-17H,7-13H2,1-2H3. The maximum Gasteiger partial charge on any atom is 0.307 e. The number of hydrogen-bond acceptors (Lipinski definition) is 6. The lowest BCUT2D eigenvalue weighted by Gasteiger charge is -2.56. The second kappa shape index (κ2) is 7.15. The molecule has 1 aromatic carbocycles. The van der Waals surface area contributed by atoms with Crippen molar-refractivity contribution in [3.63, 3.8) is 0 Å². The number of benzene rings is 1. The van der Waals surface area contributed by atoms with Crippen molar-refractivity contribution < 1.29 is 18.7 Å². The minimum Gasteiger partial charge on any atom is -0.497 e. The second-order valence-electron chi connectivity index (χ2n) is 9.40. The maximum absolute atomic E-state index is 12.7. The molecular formula is C23H28N2O4. The van der Waals surface area contributed by atoms with E-state index < -0.39 is 6.10 Å². The molecule has 0 saturated heterocycles. The third-order valence-electron chi connectivity index (χ3n) is 7.12. The van der Waals surface area contributed by atoms with E-state index in [1.54, 1.807) is 14.0 Å². The summed E-state index contributed by atoms with van der Waals surface area (Å²) in [6.07, 6.45) is 7.71. The third-order valence-corrected chi connectivity index (χ3v) is 7.12. The Morgan fingerprint density at radius 2 is 1.72 bits per heavy atom. The molecule has 1 aromatic heterocycles. The molecule has 4 fully saturated rings. The lowest BCUT2D eigenvalue weighted by atomic mass is 9.49. The molecule has 29 heavy (non-hydrogen) atoms. The van der Waals surface area contributed by atoms with Crippen LogP contribution < -0.4 is 4.74 Å². The summed E-state index contributed by atoms with van der Waals surface area (Å²) in [6, 6.07) is 7.40. The van der Waals surface area contributed by atoms with Crippen molar-refractivity contribution in [2.45, 2.75) is 58.0 Å². The summed E-state index contributed by atoms with van der Waals surface area (Å²) >= 11 is 0. The minimum absolute atomic E-state index is 0.136. The minimum atomic E-state index is -0.545. The first-order chi connectivity index (χ1) is 14.0. The lowest BCUT2D eigenvalue weighted by Crippen LogP contribution is -2.47. The van der Waals surface area contributed by atoms with Gasteiger partial charge in [-0.05, 0) is 92.9 Å². The van der Waals surface area contributed by atoms with Gasteiger partial charge in [0.25, 0.3) is 5.89 Å². The maximum atomic E-state index is 12.7. The Kier molecular flexibility index (Phi) is 4.60. The Balaban J connectivity index is 1.22. The van der Waals surface area contributed by atoms with Crippen LogP contribution in [0, 0.1) is 23.2 Å². The quantitative estimate of drug-likeness (QED) is 0.643. The topological polar surface area (TPSA) is 74.5 Å². The average Bonchev–Trinajstić information content (AvgIpc) is 3.17. The van der Waals surface area contributed by atoms with Gasteiger partial charge in [0.2, 0.25) is 5.89 Å². The summed E-state index contributed by atoms with van der Waals surface area (Å²) in [5.41, 5.74) is 0.978. The van der Waals surface area contributed by atoms with E-state index in [1.165, 1.54) is 38.5 Å². The summed E-state index contributed by atoms with van der Waals surface area (Å²) in [6.45, 7) is 1.79. The summed E-state index contributed by atoms with van der Waals surface area (Å²) in [7, 11) is 1.62. The number of aromatic nitrogens is 2. The molecule has 0 radical (unpaired) electrons. The monoisotopic (exact) mass is 396 g/mol. The van der Waals surface area contributed by atoms with Crippen molar-refractivity contribution in [1.29, 1.82) is 0 Å². The number of carbonyl (C=O) groups excluding carboxylic acids is 1. The van der Waals surface area contributed by atoms with Crippen molar-refractivity contribution in [2.24, 2.45) is 23.2 Å². The summed E-state index contributed by atoms with van der Waals surface area (Å²) in [5.74, 6) is 3.85. The third kappa shape index (κ3) is 3.65. The van der Waals surface area contributed by atoms with Crippen LogP contribution in [0.2, 0.25) is 0 Å². The molecule has 4 aliphatic rings. The molecule has 4 aliphatic carbocycles. The predicted octanol–water partition coefficient (Wildman–Crippen LogP) is 4.96. The van der Waals surface area contributed by atoms with Crippen LogP contribution in [0.1, 0.15) is 63.9 Å². The molecule has 1 heterocycles. The Hall–Kier alpha value is -2.37. The number of nitrogens with zero attached hydrogens (tertiary/aromatic N) is 2. The van der Waals surface area contributed by atoms with Crippen LogP contribution in [0.25, 0.3) is 11.5 Å². The van der Waals surface area contributed by atoms with Crippen molar-refractivity contribution in [1.82, 2.24) is 10.2 Å². The fourth-order valence-corrected chi connectivity index (χ4v) is 6.35. The van der Waals surface area contributed by atoms with E-state index in [1.807, 2.05) is 24.3 Å². The molecule has 0 aliphatic heterocycles. The first-order valence-corrected chi connectivity index (χ1v) is 10.7. The number of carbonyl (C=O) groups is 1. The average molecular weight is 396 g/mol. The van der Waals surface area contributed by atoms with Crippen LogP contribution in [0.3, 0.4) is 0 Å². The summed E-state index contributed by atoms with van der Waals surface area (Å²) in [5, 5.41) is 8.19. The number of methoxy groups -OCH3 is 1. The molecule has 6 nitrogen and oxygen atoms in total. The molecule has 0 amide bonds. The first kappa shape index (κ1) is 18.6. The molecular weight excluding hydrogens is 368 g/mol. The van der Waals surface area contributed by atoms with Crippen molar-refractivity contribution >= 4 is 5.97 Å². The van der Waals surface area contributed by atoms with Gasteiger partial charge in [0.1, 0.15) is 5.75 Å². The van der Waals surface area contributed by atoms with Gasteiger partial charge in [0.15, 0.2) is 6.10 Å². The molecule has 6 heteroatoms. The van der Waals surface area contributed by atoms with E-state index in [2.05, 4.69) is 10.2 Å². The van der Waals surface area contributed by atoms with E-state index in [4.69, 9.17) is 13.9 Å². The molecule has 0 N–H and O–H groups in total. The van der Waals surface area contributed by atoms with Gasteiger partial charge < -0.3 is 13.9 Å². The molecule has 4 saturated carbocycles. The Labute approximate surface area is 171 Å². The molecule has 2 aromatic rings. The van der Waals surface area contributed by atoms with E-state index >= 15 is 0 Å². The zero-order valence-electron chi connectivity index (χ0n) is 17.1. The van der Waals surface area contributed by atoms with Gasteiger partial charge in [-0.25, -0.2) is 0 Å². The van der Waals surface area contributed by atoms with Gasteiger partial charge in [-0.15, -0.1) is 10.2 Å². The summed E-state index contributed by atoms with van der Waals surface area (Å²) < 4.78 is 16.6. The Morgan fingerprint density at radius 1 is 1.10 bits per heavy atom. The predicted molar refractivity (Wildman–Crippen MR) is 106 cm³/mol. The van der Waals surface area contributed by atoms with Crippen molar-refractivity contribution in [2.75, 3.05) is 7.11 Å². The van der Waals surface area contributed by atoms with Crippen LogP contribution >= 0.6 is 0 Å². The van der Waals surface area contributed by atoms with Crippen LogP contribution in [0.5, 0.6) is 5.75 Å². The number of rotatable bonds is 6. The SMILES string of the molecule is COc1ccc(-c2nnc(C(C)OC(=O)CC34CC5CC(CC(C5)C3)C4)o2)cc1. The summed E-state index contributed by atoms with van der Waals surface area (Å²) in [4.78, 5) is 12.7. The Morgan fingerprint density at radius 3 is 2.31 bits per heavy atom. The molecule has 4 bridgehead atoms. The Bertz CT molecular complexity index is 853. The van der Waals surface area contributed by atoms with Gasteiger partial charge in [-0.2, -0.15) is 0 Å². The molecule has 0 spiro atoms. The lowest BCUT2D eigenvalue weighted by molar-refractivity contribution is -0.157. The van der Waals surface area contributed by atoms with Gasteiger partial charge >= 0.3 is 5.97 Å². The van der Waals surface area contributed by atoms with E-state index in [0.29, 0.717) is 18.2 Å². The fourth-order valence-electron chi connectivity index (χ4n) is 6.35. The van der Waals surface area contributed by atoms with Crippen LogP contribution in [0.4, 0.5) is 0 Å². The van der Waals surface area contributed by atoms with E-state index in [9.17, 15) is 4.79 Å². The molecule has 1 atom stereocenters. The number of esters is 1. The largest absolute Gasteiger partial charge is 0.497 e. The fraction of sp³-hybridized carbons (Fsp3) is 0.609. The van der Waals surface area contributed by atoms with Gasteiger partial charge in [-0.1, -0.05) is 0 Å². The van der Waals surface area contributed by atoms with E-state index in [-0.39, 0.29) is 11.4 Å². The highest BCUT2D eigenvalue weighted by Crippen LogP contribution is 2.61. The first-order valence-electron chi connectivity index (χ1n) is 10.7. The zero-order chi connectivity index (χ0) is 20.0. The van der Waals surface area contributed by atoms with Gasteiger partial charge in [0, 0.05) is 5.56 Å². The molecule has 1 unspecified atom stereocenters. The normalized spacial score (nSPS) is 30.9. The zero-order valence-corrected chi connectivity index (χ0v) is 17.1. The van der Waals surface area contributed by atoms with Crippen LogP contribution in [0.15, 0.2) is 28.7 Å². The number of hydrogen-bond donors (Lipinski definition) is 0. The highest BCUT2D eigenvalue weighted by atomic mass is 16.6.